The third-order valence-electron chi connectivity index (χ3n) is 5.36. The molecule has 0 aliphatic rings. The zero-order valence-corrected chi connectivity index (χ0v) is 16.7. The molecule has 0 fully saturated rings. The Labute approximate surface area is 138 Å². The molecule has 124 valence electrons. The Hall–Kier alpha value is -0.893. The molecule has 1 aromatic rings. The van der Waals surface area contributed by atoms with Gasteiger partial charge < -0.3 is 0 Å². The second-order valence-corrected chi connectivity index (χ2v) is 13.4. The molecule has 1 nitrogen and oxygen atoms in total. The maximum absolute atomic E-state index is 12.7. The highest BCUT2D eigenvalue weighted by atomic mass is 28.3. The Morgan fingerprint density at radius 2 is 1.59 bits per heavy atom. The zero-order valence-electron chi connectivity index (χ0n) is 15.7. The molecule has 22 heavy (non-hydrogen) atoms. The van der Waals surface area contributed by atoms with Gasteiger partial charge in [-0.3, -0.25) is 4.79 Å². The Balaban J connectivity index is 3.09. The van der Waals surface area contributed by atoms with E-state index < -0.39 is 8.07 Å². The average Bonchev–Trinajstić information content (AvgIpc) is 2.48. The standard InChI is InChI=1S/C20H34OSi/c1-8-22(9-2,10-3)14-13-17-15-16(4)11-12-18(17)19(21)20(5,6)7/h11-12,15H,8-10,13-14H2,1-7H3. The number of carbonyl (C=O) groups is 1. The first-order chi connectivity index (χ1) is 10.2. The quantitative estimate of drug-likeness (QED) is 0.427. The smallest absolute Gasteiger partial charge is 0.168 e. The molecule has 0 saturated carbocycles. The van der Waals surface area contributed by atoms with E-state index in [9.17, 15) is 4.79 Å². The van der Waals surface area contributed by atoms with E-state index in [-0.39, 0.29) is 11.2 Å². The van der Waals surface area contributed by atoms with Gasteiger partial charge in [-0.15, -0.1) is 0 Å². The molecule has 0 saturated heterocycles. The van der Waals surface area contributed by atoms with Gasteiger partial charge in [0.25, 0.3) is 0 Å². The minimum absolute atomic E-state index is 0.277. The first-order valence-corrected chi connectivity index (χ1v) is 11.7. The molecule has 0 atom stereocenters. The predicted octanol–water partition coefficient (Wildman–Crippen LogP) is 6.27. The highest BCUT2D eigenvalue weighted by molar-refractivity contribution is 6.79. The van der Waals surface area contributed by atoms with Crippen LogP contribution in [-0.2, 0) is 6.42 Å². The molecule has 0 spiro atoms. The van der Waals surface area contributed by atoms with Crippen LogP contribution in [0.5, 0.6) is 0 Å². The molecule has 1 aromatic carbocycles. The van der Waals surface area contributed by atoms with Gasteiger partial charge in [-0.25, -0.2) is 0 Å². The summed E-state index contributed by atoms with van der Waals surface area (Å²) in [6.07, 6.45) is 1.07. The molecule has 1 rings (SSSR count). The highest BCUT2D eigenvalue weighted by Gasteiger charge is 2.28. The largest absolute Gasteiger partial charge is 0.294 e. The molecule has 0 amide bonds. The minimum atomic E-state index is -1.13. The summed E-state index contributed by atoms with van der Waals surface area (Å²) in [6, 6.07) is 11.7. The van der Waals surface area contributed by atoms with E-state index in [1.54, 1.807) is 0 Å². The van der Waals surface area contributed by atoms with Crippen LogP contribution in [0.1, 0.15) is 63.0 Å². The molecular formula is C20H34OSi. The third kappa shape index (κ3) is 4.55. The molecule has 0 unspecified atom stereocenters. The van der Waals surface area contributed by atoms with Crippen molar-refractivity contribution < 1.29 is 4.79 Å². The number of ketones is 1. The van der Waals surface area contributed by atoms with Crippen LogP contribution in [0.15, 0.2) is 18.2 Å². The van der Waals surface area contributed by atoms with Crippen LogP contribution in [-0.4, -0.2) is 13.9 Å². The SMILES string of the molecule is CC[Si](CC)(CC)CCc1cc(C)ccc1C(=O)C(C)(C)C. The number of carbonyl (C=O) groups excluding carboxylic acids is 1. The summed E-state index contributed by atoms with van der Waals surface area (Å²) < 4.78 is 0. The van der Waals surface area contributed by atoms with E-state index >= 15 is 0 Å². The van der Waals surface area contributed by atoms with Gasteiger partial charge in [-0.05, 0) is 18.9 Å². The van der Waals surface area contributed by atoms with Gasteiger partial charge in [0, 0.05) is 11.0 Å². The third-order valence-corrected chi connectivity index (χ3v) is 11.2. The van der Waals surface area contributed by atoms with E-state index in [2.05, 4.69) is 39.8 Å². The van der Waals surface area contributed by atoms with Crippen LogP contribution in [0.4, 0.5) is 0 Å². The van der Waals surface area contributed by atoms with Gasteiger partial charge in [0.05, 0.1) is 8.07 Å². The van der Waals surface area contributed by atoms with Crippen LogP contribution < -0.4 is 0 Å². The number of Topliss-reactive ketones (excluding diaryl/α,β-unsaturated/α-hetero) is 1. The minimum Gasteiger partial charge on any atom is -0.294 e. The molecule has 0 aliphatic heterocycles. The summed E-state index contributed by atoms with van der Waals surface area (Å²) in [5, 5.41) is 0. The van der Waals surface area contributed by atoms with Gasteiger partial charge in [0.1, 0.15) is 0 Å². The van der Waals surface area contributed by atoms with E-state index in [1.165, 1.54) is 35.3 Å². The second-order valence-electron chi connectivity index (χ2n) is 7.80. The molecule has 0 radical (unpaired) electrons. The Kier molecular flexibility index (Phi) is 6.60. The van der Waals surface area contributed by atoms with Crippen molar-refractivity contribution in [3.8, 4) is 0 Å². The van der Waals surface area contributed by atoms with Crippen molar-refractivity contribution in [3.63, 3.8) is 0 Å². The first-order valence-electron chi connectivity index (χ1n) is 8.83. The number of rotatable bonds is 7. The monoisotopic (exact) mass is 318 g/mol. The fourth-order valence-electron chi connectivity index (χ4n) is 3.24. The second kappa shape index (κ2) is 7.59. The lowest BCUT2D eigenvalue weighted by molar-refractivity contribution is 0.0857. The van der Waals surface area contributed by atoms with E-state index in [4.69, 9.17) is 0 Å². The first kappa shape index (κ1) is 19.2. The number of hydrogen-bond acceptors (Lipinski definition) is 1. The molecule has 0 heterocycles. The van der Waals surface area contributed by atoms with Gasteiger partial charge >= 0.3 is 0 Å². The van der Waals surface area contributed by atoms with Crippen LogP contribution >= 0.6 is 0 Å². The van der Waals surface area contributed by atoms with E-state index in [1.807, 2.05) is 26.8 Å². The van der Waals surface area contributed by atoms with Gasteiger partial charge in [0.15, 0.2) is 5.78 Å². The number of benzene rings is 1. The summed E-state index contributed by atoms with van der Waals surface area (Å²) in [5.41, 5.74) is 3.17. The molecule has 0 aliphatic carbocycles. The summed E-state index contributed by atoms with van der Waals surface area (Å²) in [4.78, 5) is 12.7. The van der Waals surface area contributed by atoms with Crippen LogP contribution in [0.3, 0.4) is 0 Å². The summed E-state index contributed by atoms with van der Waals surface area (Å²) in [6.45, 7) is 15.2. The Morgan fingerprint density at radius 3 is 2.05 bits per heavy atom. The summed E-state index contributed by atoms with van der Waals surface area (Å²) >= 11 is 0. The molecule has 2 heteroatoms. The van der Waals surface area contributed by atoms with E-state index in [0.717, 1.165) is 12.0 Å². The fraction of sp³-hybridized carbons (Fsp3) is 0.650. The van der Waals surface area contributed by atoms with Gasteiger partial charge in [-0.2, -0.15) is 0 Å². The maximum atomic E-state index is 12.7. The van der Waals surface area contributed by atoms with Crippen LogP contribution in [0.25, 0.3) is 0 Å². The summed E-state index contributed by atoms with van der Waals surface area (Å²) in [5.74, 6) is 0.277. The predicted molar refractivity (Wildman–Crippen MR) is 101 cm³/mol. The topological polar surface area (TPSA) is 17.1 Å². The van der Waals surface area contributed by atoms with Crippen molar-refractivity contribution in [1.29, 1.82) is 0 Å². The van der Waals surface area contributed by atoms with Crippen molar-refractivity contribution in [1.82, 2.24) is 0 Å². The normalized spacial score (nSPS) is 12.5. The van der Waals surface area contributed by atoms with Gasteiger partial charge in [0.2, 0.25) is 0 Å². The van der Waals surface area contributed by atoms with Crippen molar-refractivity contribution in [3.05, 3.63) is 34.9 Å². The molecule has 0 bridgehead atoms. The molecule has 0 N–H and O–H groups in total. The Bertz CT molecular complexity index is 499. The van der Waals surface area contributed by atoms with Crippen molar-refractivity contribution in [2.24, 2.45) is 5.41 Å². The number of hydrogen-bond donors (Lipinski definition) is 0. The Morgan fingerprint density at radius 1 is 1.05 bits per heavy atom. The molecular weight excluding hydrogens is 284 g/mol. The zero-order chi connectivity index (χ0) is 17.0. The lowest BCUT2D eigenvalue weighted by atomic mass is 9.84. The number of aryl methyl sites for hydroxylation is 2. The lowest BCUT2D eigenvalue weighted by Gasteiger charge is -2.29. The van der Waals surface area contributed by atoms with E-state index in [0.29, 0.717) is 0 Å². The van der Waals surface area contributed by atoms with Crippen molar-refractivity contribution >= 4 is 13.9 Å². The highest BCUT2D eigenvalue weighted by Crippen LogP contribution is 2.30. The lowest BCUT2D eigenvalue weighted by Crippen LogP contribution is -2.32. The maximum Gasteiger partial charge on any atom is 0.168 e. The van der Waals surface area contributed by atoms with Crippen molar-refractivity contribution in [2.75, 3.05) is 0 Å². The van der Waals surface area contributed by atoms with Gasteiger partial charge in [-0.1, -0.05) is 89.5 Å². The molecule has 0 aromatic heterocycles. The van der Waals surface area contributed by atoms with Crippen molar-refractivity contribution in [2.45, 2.75) is 79.1 Å². The van der Waals surface area contributed by atoms with Crippen LogP contribution in [0.2, 0.25) is 24.2 Å². The fourth-order valence-corrected chi connectivity index (χ4v) is 6.60. The summed E-state index contributed by atoms with van der Waals surface area (Å²) in [7, 11) is -1.13. The average molecular weight is 319 g/mol. The van der Waals surface area contributed by atoms with Crippen LogP contribution in [0, 0.1) is 12.3 Å².